The number of nitrogens with one attached hydrogen (secondary N) is 1. The molecule has 0 bridgehead atoms. The van der Waals surface area contributed by atoms with E-state index in [9.17, 15) is 4.79 Å². The van der Waals surface area contributed by atoms with Crippen LogP contribution in [0.4, 0.5) is 11.4 Å². The van der Waals surface area contributed by atoms with Gasteiger partial charge in [0.25, 0.3) is 0 Å². The number of carbonyl (C=O) groups is 1. The van der Waals surface area contributed by atoms with Gasteiger partial charge in [-0.1, -0.05) is 30.3 Å². The summed E-state index contributed by atoms with van der Waals surface area (Å²) in [5, 5.41) is 2.97. The fraction of sp³-hybridized carbons (Fsp3) is 0.350. The van der Waals surface area contributed by atoms with E-state index in [-0.39, 0.29) is 24.4 Å². The zero-order valence-corrected chi connectivity index (χ0v) is 15.1. The average Bonchev–Trinajstić information content (AvgIpc) is 3.09. The molecular weight excluding hydrogens is 336 g/mol. The summed E-state index contributed by atoms with van der Waals surface area (Å²) < 4.78 is 6.05. The molecule has 0 heterocycles. The molecule has 0 aromatic heterocycles. The molecule has 5 heteroatoms. The molecule has 4 nitrogen and oxygen atoms in total. The van der Waals surface area contributed by atoms with E-state index in [1.54, 1.807) is 0 Å². The second kappa shape index (κ2) is 9.33. The molecule has 0 unspecified atom stereocenters. The van der Waals surface area contributed by atoms with Crippen molar-refractivity contribution in [2.24, 2.45) is 0 Å². The lowest BCUT2D eigenvalue weighted by Crippen LogP contribution is -2.16. The molecule has 134 valence electrons. The van der Waals surface area contributed by atoms with Crippen LogP contribution >= 0.6 is 12.4 Å². The molecule has 1 aliphatic carbocycles. The summed E-state index contributed by atoms with van der Waals surface area (Å²) in [6.45, 7) is 0. The highest BCUT2D eigenvalue weighted by atomic mass is 35.5. The standard InChI is InChI=1S/C20H24N2O2.ClH/c21-17-10-4-1-7-15(17)13-14-20(23)22-18-11-5-6-12-19(18)24-16-8-2-3-9-16;/h1,4-7,10-12,16H,2-3,8-9,13-14,21H2,(H,22,23);1H. The van der Waals surface area contributed by atoms with Crippen molar-refractivity contribution in [3.05, 3.63) is 54.1 Å². The summed E-state index contributed by atoms with van der Waals surface area (Å²) in [4.78, 5) is 12.3. The lowest BCUT2D eigenvalue weighted by molar-refractivity contribution is -0.116. The van der Waals surface area contributed by atoms with Crippen LogP contribution in [0.25, 0.3) is 0 Å². The van der Waals surface area contributed by atoms with E-state index < -0.39 is 0 Å². The van der Waals surface area contributed by atoms with Crippen LogP contribution in [0, 0.1) is 0 Å². The summed E-state index contributed by atoms with van der Waals surface area (Å²) in [5.41, 5.74) is 8.40. The summed E-state index contributed by atoms with van der Waals surface area (Å²) >= 11 is 0. The minimum atomic E-state index is -0.0271. The molecule has 3 N–H and O–H groups in total. The molecule has 2 aromatic rings. The molecule has 2 aromatic carbocycles. The van der Waals surface area contributed by atoms with Gasteiger partial charge in [-0.3, -0.25) is 4.79 Å². The number of para-hydroxylation sites is 3. The molecule has 0 spiro atoms. The van der Waals surface area contributed by atoms with Crippen LogP contribution < -0.4 is 15.8 Å². The third-order valence-electron chi connectivity index (χ3n) is 4.43. The number of ether oxygens (including phenoxy) is 1. The zero-order chi connectivity index (χ0) is 16.8. The Morgan fingerprint density at radius 2 is 1.76 bits per heavy atom. The number of amides is 1. The largest absolute Gasteiger partial charge is 0.488 e. The van der Waals surface area contributed by atoms with E-state index >= 15 is 0 Å². The van der Waals surface area contributed by atoms with E-state index in [4.69, 9.17) is 10.5 Å². The first-order valence-corrected chi connectivity index (χ1v) is 8.61. The maximum atomic E-state index is 12.3. The molecule has 3 rings (SSSR count). The van der Waals surface area contributed by atoms with Crippen LogP contribution in [0.2, 0.25) is 0 Å². The number of benzene rings is 2. The minimum Gasteiger partial charge on any atom is -0.488 e. The first-order chi connectivity index (χ1) is 11.7. The van der Waals surface area contributed by atoms with Crippen molar-refractivity contribution < 1.29 is 9.53 Å². The average molecular weight is 361 g/mol. The fourth-order valence-corrected chi connectivity index (χ4v) is 3.08. The van der Waals surface area contributed by atoms with Crippen LogP contribution in [-0.4, -0.2) is 12.0 Å². The number of hydrogen-bond donors (Lipinski definition) is 2. The number of halogens is 1. The van der Waals surface area contributed by atoms with Gasteiger partial charge in [0.2, 0.25) is 5.91 Å². The number of nitrogen functional groups attached to an aromatic ring is 1. The van der Waals surface area contributed by atoms with Gasteiger partial charge >= 0.3 is 0 Å². The van der Waals surface area contributed by atoms with Gasteiger partial charge in [0.1, 0.15) is 5.75 Å². The second-order valence-corrected chi connectivity index (χ2v) is 6.27. The van der Waals surface area contributed by atoms with Crippen LogP contribution in [0.3, 0.4) is 0 Å². The number of carbonyl (C=O) groups excluding carboxylic acids is 1. The number of rotatable bonds is 6. The lowest BCUT2D eigenvalue weighted by atomic mass is 10.1. The van der Waals surface area contributed by atoms with Gasteiger partial charge in [0, 0.05) is 12.1 Å². The van der Waals surface area contributed by atoms with Gasteiger partial charge in [-0.15, -0.1) is 12.4 Å². The molecule has 1 amide bonds. The minimum absolute atomic E-state index is 0. The Morgan fingerprint density at radius 1 is 1.08 bits per heavy atom. The van der Waals surface area contributed by atoms with Crippen molar-refractivity contribution in [1.82, 2.24) is 0 Å². The van der Waals surface area contributed by atoms with Crippen LogP contribution in [0.15, 0.2) is 48.5 Å². The molecular formula is C20H25ClN2O2. The third-order valence-corrected chi connectivity index (χ3v) is 4.43. The van der Waals surface area contributed by atoms with E-state index in [0.29, 0.717) is 12.8 Å². The highest BCUT2D eigenvalue weighted by molar-refractivity contribution is 5.92. The number of anilines is 2. The van der Waals surface area contributed by atoms with Gasteiger partial charge in [-0.2, -0.15) is 0 Å². The van der Waals surface area contributed by atoms with Gasteiger partial charge in [0.15, 0.2) is 0 Å². The molecule has 0 saturated heterocycles. The number of nitrogens with two attached hydrogens (primary N) is 1. The number of hydrogen-bond acceptors (Lipinski definition) is 3. The molecule has 1 saturated carbocycles. The first-order valence-electron chi connectivity index (χ1n) is 8.61. The molecule has 1 fully saturated rings. The topological polar surface area (TPSA) is 64.4 Å². The molecule has 25 heavy (non-hydrogen) atoms. The summed E-state index contributed by atoms with van der Waals surface area (Å²) in [5.74, 6) is 0.734. The maximum absolute atomic E-state index is 12.3. The first kappa shape index (κ1) is 19.1. The monoisotopic (exact) mass is 360 g/mol. The molecule has 1 aliphatic rings. The Hall–Kier alpha value is -2.20. The van der Waals surface area contributed by atoms with Crippen molar-refractivity contribution in [2.75, 3.05) is 11.1 Å². The van der Waals surface area contributed by atoms with Gasteiger partial charge < -0.3 is 15.8 Å². The third kappa shape index (κ3) is 5.40. The van der Waals surface area contributed by atoms with E-state index in [2.05, 4.69) is 5.32 Å². The van der Waals surface area contributed by atoms with Crippen molar-refractivity contribution in [3.8, 4) is 5.75 Å². The molecule has 0 radical (unpaired) electrons. The lowest BCUT2D eigenvalue weighted by Gasteiger charge is -2.17. The smallest absolute Gasteiger partial charge is 0.224 e. The Kier molecular flexibility index (Phi) is 7.14. The zero-order valence-electron chi connectivity index (χ0n) is 14.2. The van der Waals surface area contributed by atoms with Gasteiger partial charge in [0.05, 0.1) is 11.8 Å². The van der Waals surface area contributed by atoms with Crippen molar-refractivity contribution in [3.63, 3.8) is 0 Å². The van der Waals surface area contributed by atoms with E-state index in [1.807, 2.05) is 48.5 Å². The SMILES string of the molecule is Cl.Nc1ccccc1CCC(=O)Nc1ccccc1OC1CCCC1. The van der Waals surface area contributed by atoms with Crippen LogP contribution in [0.5, 0.6) is 5.75 Å². The molecule has 0 aliphatic heterocycles. The predicted molar refractivity (Wildman–Crippen MR) is 104 cm³/mol. The Morgan fingerprint density at radius 3 is 2.52 bits per heavy atom. The number of aryl methyl sites for hydroxylation is 1. The second-order valence-electron chi connectivity index (χ2n) is 6.27. The van der Waals surface area contributed by atoms with E-state index in [1.165, 1.54) is 12.8 Å². The van der Waals surface area contributed by atoms with Crippen molar-refractivity contribution in [2.45, 2.75) is 44.6 Å². The summed E-state index contributed by atoms with van der Waals surface area (Å²) in [7, 11) is 0. The highest BCUT2D eigenvalue weighted by Gasteiger charge is 2.18. The maximum Gasteiger partial charge on any atom is 0.224 e. The fourth-order valence-electron chi connectivity index (χ4n) is 3.08. The van der Waals surface area contributed by atoms with Gasteiger partial charge in [-0.05, 0) is 55.9 Å². The van der Waals surface area contributed by atoms with Crippen LogP contribution in [0.1, 0.15) is 37.7 Å². The van der Waals surface area contributed by atoms with Crippen molar-refractivity contribution >= 4 is 29.7 Å². The normalized spacial score (nSPS) is 13.9. The van der Waals surface area contributed by atoms with E-state index in [0.717, 1.165) is 35.5 Å². The molecule has 0 atom stereocenters. The van der Waals surface area contributed by atoms with Gasteiger partial charge in [-0.25, -0.2) is 0 Å². The summed E-state index contributed by atoms with van der Waals surface area (Å²) in [6.07, 6.45) is 5.92. The highest BCUT2D eigenvalue weighted by Crippen LogP contribution is 2.29. The Bertz CT molecular complexity index is 700. The van der Waals surface area contributed by atoms with Crippen molar-refractivity contribution in [1.29, 1.82) is 0 Å². The Labute approximate surface area is 155 Å². The summed E-state index contributed by atoms with van der Waals surface area (Å²) in [6, 6.07) is 15.3. The quantitative estimate of drug-likeness (QED) is 0.741. The Balaban J connectivity index is 0.00000225. The predicted octanol–water partition coefficient (Wildman–Crippen LogP) is 4.58. The van der Waals surface area contributed by atoms with Crippen LogP contribution in [-0.2, 0) is 11.2 Å².